The number of hydrogen-bond donors (Lipinski definition) is 2. The molecule has 0 unspecified atom stereocenters. The molecule has 0 spiro atoms. The third-order valence-corrected chi connectivity index (χ3v) is 4.96. The summed E-state index contributed by atoms with van der Waals surface area (Å²) in [5, 5.41) is 6.26. The maximum absolute atomic E-state index is 12.0. The van der Waals surface area contributed by atoms with Gasteiger partial charge in [0.1, 0.15) is 4.88 Å². The Hall–Kier alpha value is -1.63. The van der Waals surface area contributed by atoms with E-state index in [0.717, 1.165) is 37.2 Å². The number of aromatic nitrogens is 1. The van der Waals surface area contributed by atoms with Gasteiger partial charge in [-0.1, -0.05) is 6.92 Å². The largest absolute Gasteiger partial charge is 0.357 e. The number of aryl methyl sites for hydroxylation is 1. The maximum atomic E-state index is 12.0. The van der Waals surface area contributed by atoms with E-state index < -0.39 is 0 Å². The van der Waals surface area contributed by atoms with Crippen LogP contribution in [0.15, 0.2) is 10.5 Å². The van der Waals surface area contributed by atoms with Crippen LogP contribution < -0.4 is 10.6 Å². The Labute approximate surface area is 142 Å². The number of hydrogen-bond acceptors (Lipinski definition) is 4. The van der Waals surface area contributed by atoms with E-state index >= 15 is 0 Å². The van der Waals surface area contributed by atoms with E-state index in [2.05, 4.69) is 39.4 Å². The van der Waals surface area contributed by atoms with Crippen LogP contribution in [0.5, 0.6) is 0 Å². The molecule has 7 heteroatoms. The number of thiazole rings is 1. The molecule has 1 aromatic heterocycles. The molecule has 2 N–H and O–H groups in total. The van der Waals surface area contributed by atoms with Crippen LogP contribution in [0.1, 0.15) is 42.1 Å². The third-order valence-electron chi connectivity index (χ3n) is 4.03. The minimum absolute atomic E-state index is 0.0583. The molecular weight excluding hydrogens is 310 g/mol. The quantitative estimate of drug-likeness (QED) is 0.489. The summed E-state index contributed by atoms with van der Waals surface area (Å²) in [7, 11) is 0. The molecule has 0 saturated carbocycles. The van der Waals surface area contributed by atoms with Crippen LogP contribution in [0, 0.1) is 12.8 Å². The summed E-state index contributed by atoms with van der Waals surface area (Å²) in [6.07, 6.45) is 2.43. The minimum atomic E-state index is -0.0583. The molecule has 0 atom stereocenters. The van der Waals surface area contributed by atoms with Crippen molar-refractivity contribution >= 4 is 23.2 Å². The van der Waals surface area contributed by atoms with E-state index in [-0.39, 0.29) is 5.91 Å². The van der Waals surface area contributed by atoms with E-state index in [1.165, 1.54) is 24.2 Å². The van der Waals surface area contributed by atoms with Gasteiger partial charge in [-0.25, -0.2) is 4.98 Å². The smallest absolute Gasteiger partial charge is 0.263 e. The Balaban J connectivity index is 1.81. The molecule has 0 radical (unpaired) electrons. The Kier molecular flexibility index (Phi) is 6.83. The number of carbonyl (C=O) groups is 1. The van der Waals surface area contributed by atoms with Crippen molar-refractivity contribution in [2.24, 2.45) is 10.9 Å². The minimum Gasteiger partial charge on any atom is -0.357 e. The molecule has 0 aromatic carbocycles. The first-order chi connectivity index (χ1) is 11.1. The van der Waals surface area contributed by atoms with Gasteiger partial charge in [0.25, 0.3) is 5.91 Å². The standard InChI is InChI=1S/C16H27N5OS/c1-4-17-16(21-9-5-12(2)6-10-21)19-8-7-18-15(22)14-13(3)20-11-23-14/h11-12H,4-10H2,1-3H3,(H,17,19)(H,18,22). The van der Waals surface area contributed by atoms with Crippen molar-refractivity contribution < 1.29 is 4.79 Å². The summed E-state index contributed by atoms with van der Waals surface area (Å²) in [5.74, 6) is 1.70. The molecule has 1 aromatic rings. The fourth-order valence-corrected chi connectivity index (χ4v) is 3.30. The van der Waals surface area contributed by atoms with Crippen LogP contribution in [0.3, 0.4) is 0 Å². The topological polar surface area (TPSA) is 69.6 Å². The normalized spacial score (nSPS) is 16.5. The molecule has 2 rings (SSSR count). The van der Waals surface area contributed by atoms with Crippen molar-refractivity contribution in [2.75, 3.05) is 32.7 Å². The van der Waals surface area contributed by atoms with Crippen molar-refractivity contribution in [1.29, 1.82) is 0 Å². The molecule has 128 valence electrons. The average molecular weight is 337 g/mol. The molecule has 1 amide bonds. The first kappa shape index (κ1) is 17.7. The number of guanidine groups is 1. The highest BCUT2D eigenvalue weighted by Gasteiger charge is 2.18. The number of nitrogens with one attached hydrogen (secondary N) is 2. The highest BCUT2D eigenvalue weighted by atomic mass is 32.1. The van der Waals surface area contributed by atoms with Crippen molar-refractivity contribution in [2.45, 2.75) is 33.6 Å². The molecule has 1 saturated heterocycles. The first-order valence-corrected chi connectivity index (χ1v) is 9.21. The van der Waals surface area contributed by atoms with Gasteiger partial charge < -0.3 is 15.5 Å². The predicted molar refractivity (Wildman–Crippen MR) is 95.1 cm³/mol. The van der Waals surface area contributed by atoms with Gasteiger partial charge in [0, 0.05) is 26.2 Å². The van der Waals surface area contributed by atoms with Crippen LogP contribution in [0.25, 0.3) is 0 Å². The van der Waals surface area contributed by atoms with Gasteiger partial charge in [-0.2, -0.15) is 0 Å². The number of nitrogens with zero attached hydrogens (tertiary/aromatic N) is 3. The fraction of sp³-hybridized carbons (Fsp3) is 0.688. The van der Waals surface area contributed by atoms with E-state index in [1.807, 2.05) is 6.92 Å². The summed E-state index contributed by atoms with van der Waals surface area (Å²) in [4.78, 5) is 23.8. The summed E-state index contributed by atoms with van der Waals surface area (Å²) >= 11 is 1.37. The van der Waals surface area contributed by atoms with E-state index in [4.69, 9.17) is 0 Å². The highest BCUT2D eigenvalue weighted by Crippen LogP contribution is 2.15. The maximum Gasteiger partial charge on any atom is 0.263 e. The van der Waals surface area contributed by atoms with Crippen LogP contribution in [0.2, 0.25) is 0 Å². The number of carbonyl (C=O) groups excluding carboxylic acids is 1. The number of aliphatic imine (C=N–C) groups is 1. The van der Waals surface area contributed by atoms with Gasteiger partial charge in [-0.15, -0.1) is 11.3 Å². The summed E-state index contributed by atoms with van der Waals surface area (Å²) < 4.78 is 0. The zero-order chi connectivity index (χ0) is 16.7. The average Bonchev–Trinajstić information content (AvgIpc) is 2.97. The molecule has 1 aliphatic heterocycles. The lowest BCUT2D eigenvalue weighted by Gasteiger charge is -2.33. The number of likely N-dealkylation sites (tertiary alicyclic amines) is 1. The second-order valence-corrected chi connectivity index (χ2v) is 6.78. The lowest BCUT2D eigenvalue weighted by atomic mass is 10.00. The van der Waals surface area contributed by atoms with E-state index in [1.54, 1.807) is 5.51 Å². The van der Waals surface area contributed by atoms with Crippen LogP contribution in [-0.4, -0.2) is 54.5 Å². The lowest BCUT2D eigenvalue weighted by Crippen LogP contribution is -2.45. The van der Waals surface area contributed by atoms with Gasteiger partial charge >= 0.3 is 0 Å². The van der Waals surface area contributed by atoms with Gasteiger partial charge in [-0.3, -0.25) is 9.79 Å². The van der Waals surface area contributed by atoms with Crippen molar-refractivity contribution in [1.82, 2.24) is 20.5 Å². The Bertz CT molecular complexity index is 534. The SMILES string of the molecule is CCNC(=NCCNC(=O)c1scnc1C)N1CCC(C)CC1. The zero-order valence-corrected chi connectivity index (χ0v) is 15.1. The first-order valence-electron chi connectivity index (χ1n) is 8.33. The molecule has 0 bridgehead atoms. The molecule has 0 aliphatic carbocycles. The van der Waals surface area contributed by atoms with E-state index in [0.29, 0.717) is 18.0 Å². The molecule has 1 aliphatic rings. The molecule has 2 heterocycles. The fourth-order valence-electron chi connectivity index (χ4n) is 2.58. The van der Waals surface area contributed by atoms with Gasteiger partial charge in [-0.05, 0) is 32.6 Å². The lowest BCUT2D eigenvalue weighted by molar-refractivity contribution is 0.0958. The van der Waals surface area contributed by atoms with Crippen LogP contribution >= 0.6 is 11.3 Å². The molecular formula is C16H27N5OS. The van der Waals surface area contributed by atoms with E-state index in [9.17, 15) is 4.79 Å². The van der Waals surface area contributed by atoms with Crippen LogP contribution in [0.4, 0.5) is 0 Å². The Morgan fingerprint density at radius 1 is 1.43 bits per heavy atom. The van der Waals surface area contributed by atoms with Gasteiger partial charge in [0.15, 0.2) is 5.96 Å². The summed E-state index contributed by atoms with van der Waals surface area (Å²) in [5.41, 5.74) is 2.48. The monoisotopic (exact) mass is 337 g/mol. The van der Waals surface area contributed by atoms with Crippen LogP contribution in [-0.2, 0) is 0 Å². The summed E-state index contributed by atoms with van der Waals surface area (Å²) in [6.45, 7) is 10.3. The molecule has 6 nitrogen and oxygen atoms in total. The zero-order valence-electron chi connectivity index (χ0n) is 14.3. The molecule has 1 fully saturated rings. The number of amides is 1. The Morgan fingerprint density at radius 2 is 2.17 bits per heavy atom. The molecule has 23 heavy (non-hydrogen) atoms. The number of rotatable bonds is 5. The third kappa shape index (κ3) is 5.20. The predicted octanol–water partition coefficient (Wildman–Crippen LogP) is 1.88. The number of piperidine rings is 1. The van der Waals surface area contributed by atoms with Crippen molar-refractivity contribution in [3.05, 3.63) is 16.1 Å². The highest BCUT2D eigenvalue weighted by molar-refractivity contribution is 7.11. The Morgan fingerprint density at radius 3 is 2.78 bits per heavy atom. The van der Waals surface area contributed by atoms with Crippen molar-refractivity contribution in [3.8, 4) is 0 Å². The second-order valence-electron chi connectivity index (χ2n) is 5.93. The van der Waals surface area contributed by atoms with Crippen molar-refractivity contribution in [3.63, 3.8) is 0 Å². The second kappa shape index (κ2) is 8.86. The van der Waals surface area contributed by atoms with Gasteiger partial charge in [0.05, 0.1) is 17.7 Å². The summed E-state index contributed by atoms with van der Waals surface area (Å²) in [6, 6.07) is 0. The van der Waals surface area contributed by atoms with Gasteiger partial charge in [0.2, 0.25) is 0 Å².